The molecule has 3 N–H and O–H groups in total. The zero-order valence-electron chi connectivity index (χ0n) is 24.6. The van der Waals surface area contributed by atoms with Crippen molar-refractivity contribution in [2.24, 2.45) is 0 Å². The number of nitrogens with zero attached hydrogens (tertiary/aromatic N) is 3. The van der Waals surface area contributed by atoms with Crippen LogP contribution in [0.1, 0.15) is 74.7 Å². The molecule has 1 saturated heterocycles. The Hall–Kier alpha value is -3.64. The maximum Gasteiger partial charge on any atom is 0.422 e. The van der Waals surface area contributed by atoms with Gasteiger partial charge in [0.2, 0.25) is 11.9 Å². The van der Waals surface area contributed by atoms with Crippen LogP contribution in [0.3, 0.4) is 0 Å². The van der Waals surface area contributed by atoms with Gasteiger partial charge in [0.1, 0.15) is 0 Å². The fourth-order valence-electron chi connectivity index (χ4n) is 5.07. The second kappa shape index (κ2) is 13.6. The molecular formula is C31H36ClF3N6O3. The molecule has 1 aromatic heterocycles. The molecule has 236 valence electrons. The number of hydrogen-bond acceptors (Lipinski definition) is 8. The van der Waals surface area contributed by atoms with Crippen LogP contribution in [-0.2, 0) is 10.3 Å². The predicted molar refractivity (Wildman–Crippen MR) is 161 cm³/mol. The third-order valence-electron chi connectivity index (χ3n) is 7.72. The summed E-state index contributed by atoms with van der Waals surface area (Å²) in [4.78, 5) is 25.2. The lowest BCUT2D eigenvalue weighted by Crippen LogP contribution is -2.32. The Kier molecular flexibility index (Phi) is 9.79. The first-order valence-corrected chi connectivity index (χ1v) is 15.2. The minimum absolute atomic E-state index is 0.0146. The molecule has 2 aliphatic rings. The Labute approximate surface area is 259 Å². The van der Waals surface area contributed by atoms with Crippen molar-refractivity contribution in [2.75, 3.05) is 17.2 Å². The number of carbonyl (C=O) groups is 1. The third-order valence-corrected chi connectivity index (χ3v) is 7.98. The highest BCUT2D eigenvalue weighted by atomic mass is 35.5. The van der Waals surface area contributed by atoms with Crippen molar-refractivity contribution >= 4 is 35.1 Å². The van der Waals surface area contributed by atoms with Gasteiger partial charge in [-0.3, -0.25) is 4.79 Å². The van der Waals surface area contributed by atoms with Gasteiger partial charge in [-0.15, -0.1) is 0 Å². The smallest absolute Gasteiger partial charge is 0.422 e. The highest BCUT2D eigenvalue weighted by molar-refractivity contribution is 6.30. The molecule has 3 atom stereocenters. The van der Waals surface area contributed by atoms with Crippen LogP contribution < -0.4 is 20.7 Å². The summed E-state index contributed by atoms with van der Waals surface area (Å²) in [5, 5.41) is 9.83. The monoisotopic (exact) mass is 632 g/mol. The van der Waals surface area contributed by atoms with E-state index in [2.05, 4.69) is 37.8 Å². The summed E-state index contributed by atoms with van der Waals surface area (Å²) >= 11 is 6.03. The minimum Gasteiger partial charge on any atom is -0.454 e. The number of benzene rings is 2. The summed E-state index contributed by atoms with van der Waals surface area (Å²) in [6, 6.07) is 13.5. The molecule has 0 bridgehead atoms. The summed E-state index contributed by atoms with van der Waals surface area (Å²) in [5.41, 5.74) is 1.49. The fourth-order valence-corrected chi connectivity index (χ4v) is 5.20. The van der Waals surface area contributed by atoms with Crippen LogP contribution in [0.5, 0.6) is 6.01 Å². The number of ether oxygens (including phenoxy) is 2. The Morgan fingerprint density at radius 3 is 2.39 bits per heavy atom. The molecule has 1 saturated carbocycles. The van der Waals surface area contributed by atoms with Gasteiger partial charge >= 0.3 is 12.2 Å². The molecule has 2 aromatic carbocycles. The average molecular weight is 633 g/mol. The molecule has 13 heteroatoms. The van der Waals surface area contributed by atoms with E-state index in [1.54, 1.807) is 36.4 Å². The number of hydrogen-bond donors (Lipinski definition) is 3. The molecule has 1 aliphatic carbocycles. The summed E-state index contributed by atoms with van der Waals surface area (Å²) in [5.74, 6) is -0.141. The first-order chi connectivity index (χ1) is 21.0. The Morgan fingerprint density at radius 2 is 1.75 bits per heavy atom. The zero-order valence-corrected chi connectivity index (χ0v) is 25.3. The van der Waals surface area contributed by atoms with Crippen LogP contribution >= 0.6 is 11.6 Å². The van der Waals surface area contributed by atoms with E-state index in [4.69, 9.17) is 21.1 Å². The molecule has 5 rings (SSSR count). The first kappa shape index (κ1) is 31.8. The third kappa shape index (κ3) is 8.95. The van der Waals surface area contributed by atoms with Crippen LogP contribution in [0.15, 0.2) is 48.5 Å². The van der Waals surface area contributed by atoms with Crippen LogP contribution in [-0.4, -0.2) is 51.9 Å². The van der Waals surface area contributed by atoms with Crippen LogP contribution in [0.25, 0.3) is 0 Å². The standard InChI is InChI=1S/C31H36ClF3N6O3/c1-3-24-25(44-24)7-5-4-6-19(2)36-26(42)20-8-14-23(15-9-20)37-27-38-28(40-29(39-27)43-18-31(33,34)35)41-30(16-17-30)21-10-12-22(32)13-11-21/h8-15,19,24-25H,3-7,16-18H2,1-2H3,(H,36,42)(H2,37,38,39,40,41)/t19-,24?,25?/m1/s1. The van der Waals surface area contributed by atoms with Gasteiger partial charge in [-0.1, -0.05) is 43.5 Å². The Bertz CT molecular complexity index is 1420. The maximum absolute atomic E-state index is 12.9. The van der Waals surface area contributed by atoms with Gasteiger partial charge in [0.05, 0.1) is 17.7 Å². The number of unbranched alkanes of at least 4 members (excludes halogenated alkanes) is 1. The molecule has 0 radical (unpaired) electrons. The highest BCUT2D eigenvalue weighted by Crippen LogP contribution is 2.48. The number of alkyl halides is 3. The second-order valence-corrected chi connectivity index (χ2v) is 11.8. The number of epoxide rings is 1. The van der Waals surface area contributed by atoms with E-state index in [0.29, 0.717) is 28.5 Å². The SMILES string of the molecule is CCC1OC1CCCC[C@@H](C)NC(=O)c1ccc(Nc2nc(NC3(c4ccc(Cl)cc4)CC3)nc(OCC(F)(F)F)n2)cc1. The van der Waals surface area contributed by atoms with Crippen molar-refractivity contribution in [2.45, 2.75) is 88.8 Å². The molecule has 3 aromatic rings. The minimum atomic E-state index is -4.56. The van der Waals surface area contributed by atoms with Gasteiger partial charge in [-0.2, -0.15) is 28.1 Å². The quantitative estimate of drug-likeness (QED) is 0.119. The summed E-state index contributed by atoms with van der Waals surface area (Å²) < 4.78 is 49.0. The van der Waals surface area contributed by atoms with Crippen molar-refractivity contribution in [3.8, 4) is 6.01 Å². The largest absolute Gasteiger partial charge is 0.454 e. The average Bonchev–Trinajstić information content (AvgIpc) is 3.91. The number of halogens is 4. The van der Waals surface area contributed by atoms with E-state index >= 15 is 0 Å². The summed E-state index contributed by atoms with van der Waals surface area (Å²) in [6.07, 6.45) is 2.90. The van der Waals surface area contributed by atoms with E-state index in [-0.39, 0.29) is 23.8 Å². The van der Waals surface area contributed by atoms with E-state index in [9.17, 15) is 18.0 Å². The number of anilines is 3. The van der Waals surface area contributed by atoms with Crippen molar-refractivity contribution in [1.29, 1.82) is 0 Å². The molecule has 44 heavy (non-hydrogen) atoms. The molecule has 1 aliphatic heterocycles. The zero-order chi connectivity index (χ0) is 31.3. The van der Waals surface area contributed by atoms with Crippen LogP contribution in [0.4, 0.5) is 30.8 Å². The molecule has 0 spiro atoms. The molecule has 2 heterocycles. The molecule has 9 nitrogen and oxygen atoms in total. The fraction of sp³-hybridized carbons (Fsp3) is 0.484. The van der Waals surface area contributed by atoms with Crippen molar-refractivity contribution in [1.82, 2.24) is 20.3 Å². The number of rotatable bonds is 15. The predicted octanol–water partition coefficient (Wildman–Crippen LogP) is 7.17. The number of carbonyl (C=O) groups excluding carboxylic acids is 1. The normalized spacial score (nSPS) is 19.1. The van der Waals surface area contributed by atoms with Crippen molar-refractivity contribution < 1.29 is 27.4 Å². The van der Waals surface area contributed by atoms with E-state index in [0.717, 1.165) is 50.5 Å². The van der Waals surface area contributed by atoms with E-state index in [1.807, 2.05) is 19.1 Å². The highest BCUT2D eigenvalue weighted by Gasteiger charge is 2.45. The first-order valence-electron chi connectivity index (χ1n) is 14.9. The number of amides is 1. The second-order valence-electron chi connectivity index (χ2n) is 11.4. The van der Waals surface area contributed by atoms with E-state index < -0.39 is 24.3 Å². The Balaban J connectivity index is 1.20. The molecule has 2 fully saturated rings. The molecule has 1 amide bonds. The summed E-state index contributed by atoms with van der Waals surface area (Å²) in [7, 11) is 0. The summed E-state index contributed by atoms with van der Waals surface area (Å²) in [6.45, 7) is 2.57. The van der Waals surface area contributed by atoms with Gasteiger partial charge in [0.25, 0.3) is 5.91 Å². The Morgan fingerprint density at radius 1 is 1.05 bits per heavy atom. The number of nitrogens with one attached hydrogen (secondary N) is 3. The van der Waals surface area contributed by atoms with E-state index in [1.165, 1.54) is 0 Å². The van der Waals surface area contributed by atoms with Crippen molar-refractivity contribution in [3.63, 3.8) is 0 Å². The van der Waals surface area contributed by atoms with Crippen LogP contribution in [0, 0.1) is 0 Å². The van der Waals surface area contributed by atoms with Crippen LogP contribution in [0.2, 0.25) is 5.02 Å². The van der Waals surface area contributed by atoms with Gasteiger partial charge in [0, 0.05) is 22.3 Å². The van der Waals surface area contributed by atoms with Gasteiger partial charge in [0.15, 0.2) is 6.61 Å². The molecular weight excluding hydrogens is 597 g/mol. The molecule has 2 unspecified atom stereocenters. The topological polar surface area (TPSA) is 114 Å². The van der Waals surface area contributed by atoms with Gasteiger partial charge in [-0.05, 0) is 81.0 Å². The lowest BCUT2D eigenvalue weighted by Gasteiger charge is -2.19. The van der Waals surface area contributed by atoms with Gasteiger partial charge in [-0.25, -0.2) is 0 Å². The lowest BCUT2D eigenvalue weighted by atomic mass is 10.1. The van der Waals surface area contributed by atoms with Crippen molar-refractivity contribution in [3.05, 3.63) is 64.7 Å². The number of aromatic nitrogens is 3. The lowest BCUT2D eigenvalue weighted by molar-refractivity contribution is -0.154. The maximum atomic E-state index is 12.9. The van der Waals surface area contributed by atoms with Gasteiger partial charge < -0.3 is 25.4 Å².